The van der Waals surface area contributed by atoms with Crippen LogP contribution in [0.4, 0.5) is 0 Å². The summed E-state index contributed by atoms with van der Waals surface area (Å²) < 4.78 is 0. The van der Waals surface area contributed by atoms with E-state index in [0.29, 0.717) is 0 Å². The molecule has 1 rings (SSSR count). The molecule has 0 radical (unpaired) electrons. The molecule has 0 fully saturated rings. The van der Waals surface area contributed by atoms with Gasteiger partial charge in [-0.25, -0.2) is 0 Å². The minimum atomic E-state index is 0. The third-order valence-corrected chi connectivity index (χ3v) is 1.91. The molecule has 0 amide bonds. The first kappa shape index (κ1) is 19.1. The molecule has 0 nitrogen and oxygen atoms in total. The Kier molecular flexibility index (Phi) is 20.4. The number of rotatable bonds is 1. The predicted molar refractivity (Wildman–Crippen MR) is 70.8 cm³/mol. The van der Waals surface area contributed by atoms with Crippen molar-refractivity contribution < 1.29 is 0 Å². The molecule has 0 atom stereocenters. The minimum absolute atomic E-state index is 0. The third kappa shape index (κ3) is 8.10. The van der Waals surface area contributed by atoms with Crippen LogP contribution in [0.5, 0.6) is 0 Å². The summed E-state index contributed by atoms with van der Waals surface area (Å²) in [5.74, 6) is 0. The second kappa shape index (κ2) is 15.0. The highest BCUT2D eigenvalue weighted by atomic mass is 14.1. The van der Waals surface area contributed by atoms with Crippen LogP contribution in [0.15, 0.2) is 23.3 Å². The zero-order valence-electron chi connectivity index (χ0n) is 10.3. The molecule has 0 saturated carbocycles. The Bertz CT molecular complexity index is 149. The molecule has 0 N–H and O–H groups in total. The van der Waals surface area contributed by atoms with Gasteiger partial charge in [-0.2, -0.15) is 0 Å². The molecule has 1 aliphatic carbocycles. The summed E-state index contributed by atoms with van der Waals surface area (Å²) >= 11 is 0. The highest BCUT2D eigenvalue weighted by Gasteiger charge is 2.06. The van der Waals surface area contributed by atoms with Crippen LogP contribution in [0, 0.1) is 0 Å². The molecule has 0 heterocycles. The fourth-order valence-electron chi connectivity index (χ4n) is 1.34. The minimum Gasteiger partial charge on any atom is -0.0874 e. The second-order valence-corrected chi connectivity index (χ2v) is 2.66. The molecule has 0 heteroatoms. The Morgan fingerprint density at radius 1 is 1.00 bits per heavy atom. The lowest BCUT2D eigenvalue weighted by atomic mass is 10.2. The van der Waals surface area contributed by atoms with Crippen molar-refractivity contribution in [1.82, 2.24) is 0 Å². The largest absolute Gasteiger partial charge is 0.0874 e. The van der Waals surface area contributed by atoms with E-state index < -0.39 is 0 Å². The van der Waals surface area contributed by atoms with E-state index in [1.807, 2.05) is 27.7 Å². The molecular weight excluding hydrogens is 168 g/mol. The summed E-state index contributed by atoms with van der Waals surface area (Å²) in [6.45, 7) is 12.3. The van der Waals surface area contributed by atoms with Gasteiger partial charge in [-0.15, -0.1) is 0 Å². The van der Waals surface area contributed by atoms with Gasteiger partial charge in [0.05, 0.1) is 0 Å². The van der Waals surface area contributed by atoms with Crippen LogP contribution in [0.1, 0.15) is 68.2 Å². The summed E-state index contributed by atoms with van der Waals surface area (Å²) in [6, 6.07) is 0. The monoisotopic (exact) mass is 198 g/mol. The van der Waals surface area contributed by atoms with E-state index in [1.54, 1.807) is 11.1 Å². The van der Waals surface area contributed by atoms with Gasteiger partial charge in [-0.05, 0) is 38.7 Å². The maximum absolute atomic E-state index is 2.24. The van der Waals surface area contributed by atoms with Gasteiger partial charge in [0.2, 0.25) is 0 Å². The van der Waals surface area contributed by atoms with Crippen molar-refractivity contribution in [2.75, 3.05) is 0 Å². The molecule has 0 unspecified atom stereocenters. The van der Waals surface area contributed by atoms with E-state index in [1.165, 1.54) is 19.3 Å². The number of hydrogen-bond donors (Lipinski definition) is 0. The molecule has 0 saturated heterocycles. The zero-order valence-corrected chi connectivity index (χ0v) is 10.3. The van der Waals surface area contributed by atoms with Crippen LogP contribution < -0.4 is 0 Å². The van der Waals surface area contributed by atoms with Crippen molar-refractivity contribution in [2.45, 2.75) is 68.2 Å². The van der Waals surface area contributed by atoms with Crippen LogP contribution in [-0.2, 0) is 0 Å². The van der Waals surface area contributed by atoms with E-state index >= 15 is 0 Å². The van der Waals surface area contributed by atoms with Gasteiger partial charge in [0.25, 0.3) is 0 Å². The smallest absolute Gasteiger partial charge is 0.0276 e. The lowest BCUT2D eigenvalue weighted by Crippen LogP contribution is -1.71. The normalized spacial score (nSPS) is 13.9. The fraction of sp³-hybridized carbons (Fsp3) is 0.714. The summed E-state index contributed by atoms with van der Waals surface area (Å²) in [5, 5.41) is 0. The summed E-state index contributed by atoms with van der Waals surface area (Å²) in [4.78, 5) is 0. The van der Waals surface area contributed by atoms with E-state index in [0.717, 1.165) is 0 Å². The highest BCUT2D eigenvalue weighted by Crippen LogP contribution is 2.25. The topological polar surface area (TPSA) is 0 Å². The van der Waals surface area contributed by atoms with Gasteiger partial charge >= 0.3 is 0 Å². The van der Waals surface area contributed by atoms with Crippen molar-refractivity contribution in [1.29, 1.82) is 0 Å². The van der Waals surface area contributed by atoms with E-state index in [2.05, 4.69) is 26.0 Å². The van der Waals surface area contributed by atoms with Crippen molar-refractivity contribution >= 4 is 0 Å². The second-order valence-electron chi connectivity index (χ2n) is 2.66. The van der Waals surface area contributed by atoms with Crippen LogP contribution in [-0.4, -0.2) is 0 Å². The maximum Gasteiger partial charge on any atom is -0.0276 e. The molecule has 14 heavy (non-hydrogen) atoms. The Labute approximate surface area is 92.1 Å². The SMILES string of the molecule is C.C/C=C\C1=C(C)CCC1.CC.CC. The van der Waals surface area contributed by atoms with Gasteiger partial charge in [0, 0.05) is 0 Å². The molecule has 1 aliphatic rings. The average Bonchev–Trinajstić information content (AvgIpc) is 2.60. The van der Waals surface area contributed by atoms with Crippen LogP contribution >= 0.6 is 0 Å². The van der Waals surface area contributed by atoms with E-state index in [4.69, 9.17) is 0 Å². The van der Waals surface area contributed by atoms with Crippen LogP contribution in [0.2, 0.25) is 0 Å². The summed E-state index contributed by atoms with van der Waals surface area (Å²) in [7, 11) is 0. The molecule has 0 aliphatic heterocycles. The van der Waals surface area contributed by atoms with Gasteiger partial charge < -0.3 is 0 Å². The van der Waals surface area contributed by atoms with Gasteiger partial charge in [-0.3, -0.25) is 0 Å². The van der Waals surface area contributed by atoms with E-state index in [9.17, 15) is 0 Å². The van der Waals surface area contributed by atoms with Crippen LogP contribution in [0.25, 0.3) is 0 Å². The van der Waals surface area contributed by atoms with Crippen molar-refractivity contribution in [3.8, 4) is 0 Å². The van der Waals surface area contributed by atoms with Crippen molar-refractivity contribution in [3.05, 3.63) is 23.3 Å². The lowest BCUT2D eigenvalue weighted by molar-refractivity contribution is 0.899. The standard InChI is InChI=1S/C9H14.2C2H6.CH4/c1-3-5-9-7-4-6-8(9)2;2*1-2;/h3,5H,4,6-7H2,1-2H3;2*1-2H3;1H4/b5-3-;;;. The average molecular weight is 198 g/mol. The predicted octanol–water partition coefficient (Wildman–Crippen LogP) is 5.75. The Hall–Kier alpha value is -0.520. The first-order valence-corrected chi connectivity index (χ1v) is 5.66. The molecule has 0 bridgehead atoms. The Morgan fingerprint density at radius 3 is 1.79 bits per heavy atom. The molecule has 0 aromatic carbocycles. The van der Waals surface area contributed by atoms with Gasteiger partial charge in [-0.1, -0.05) is 52.8 Å². The fourth-order valence-corrected chi connectivity index (χ4v) is 1.34. The van der Waals surface area contributed by atoms with Crippen LogP contribution in [0.3, 0.4) is 0 Å². The zero-order chi connectivity index (χ0) is 10.7. The third-order valence-electron chi connectivity index (χ3n) is 1.91. The van der Waals surface area contributed by atoms with Crippen molar-refractivity contribution in [2.24, 2.45) is 0 Å². The molecule has 86 valence electrons. The molecule has 0 spiro atoms. The Balaban J connectivity index is -0.000000216. The summed E-state index contributed by atoms with van der Waals surface area (Å²) in [5.41, 5.74) is 3.16. The highest BCUT2D eigenvalue weighted by molar-refractivity contribution is 5.27. The molecule has 0 aromatic heterocycles. The Morgan fingerprint density at radius 2 is 1.50 bits per heavy atom. The van der Waals surface area contributed by atoms with Gasteiger partial charge in [0.1, 0.15) is 0 Å². The van der Waals surface area contributed by atoms with Gasteiger partial charge in [0.15, 0.2) is 0 Å². The van der Waals surface area contributed by atoms with E-state index in [-0.39, 0.29) is 7.43 Å². The van der Waals surface area contributed by atoms with Crippen molar-refractivity contribution in [3.63, 3.8) is 0 Å². The number of allylic oxidation sites excluding steroid dienone is 4. The quantitative estimate of drug-likeness (QED) is 0.503. The first-order valence-electron chi connectivity index (χ1n) is 5.66. The number of hydrogen-bond acceptors (Lipinski definition) is 0. The lowest BCUT2D eigenvalue weighted by Gasteiger charge is -1.91. The first-order chi connectivity index (χ1) is 6.34. The maximum atomic E-state index is 2.24. The summed E-state index contributed by atoms with van der Waals surface area (Å²) in [6.07, 6.45) is 8.36. The molecular formula is C14H30. The molecule has 0 aromatic rings.